The van der Waals surface area contributed by atoms with Gasteiger partial charge in [-0.15, -0.1) is 0 Å². The molecular formula is C10H18N2O2. The SMILES string of the molecule is Cn1cc(CCC(C)(CO)CO)cn1. The molecule has 1 heterocycles. The van der Waals surface area contributed by atoms with Gasteiger partial charge in [-0.25, -0.2) is 0 Å². The van der Waals surface area contributed by atoms with Crippen molar-refractivity contribution in [2.45, 2.75) is 19.8 Å². The zero-order valence-electron chi connectivity index (χ0n) is 8.77. The summed E-state index contributed by atoms with van der Waals surface area (Å²) in [6.07, 6.45) is 5.38. The van der Waals surface area contributed by atoms with Crippen molar-refractivity contribution in [1.82, 2.24) is 9.78 Å². The minimum Gasteiger partial charge on any atom is -0.396 e. The first-order valence-electron chi connectivity index (χ1n) is 4.79. The molecule has 0 saturated heterocycles. The highest BCUT2D eigenvalue weighted by molar-refractivity contribution is 5.04. The van der Waals surface area contributed by atoms with Crippen LogP contribution in [0.2, 0.25) is 0 Å². The largest absolute Gasteiger partial charge is 0.396 e. The van der Waals surface area contributed by atoms with Crippen LogP contribution in [0.1, 0.15) is 18.9 Å². The molecule has 1 aromatic heterocycles. The number of hydrogen-bond acceptors (Lipinski definition) is 3. The smallest absolute Gasteiger partial charge is 0.0521 e. The second-order valence-electron chi connectivity index (χ2n) is 4.15. The minimum atomic E-state index is -0.379. The lowest BCUT2D eigenvalue weighted by Gasteiger charge is -2.23. The molecule has 0 aromatic carbocycles. The predicted molar refractivity (Wildman–Crippen MR) is 53.8 cm³/mol. The normalized spacial score (nSPS) is 12.0. The topological polar surface area (TPSA) is 58.3 Å². The van der Waals surface area contributed by atoms with Gasteiger partial charge in [0, 0.05) is 18.7 Å². The van der Waals surface area contributed by atoms with Crippen LogP contribution in [0.15, 0.2) is 12.4 Å². The minimum absolute atomic E-state index is 0.0176. The maximum atomic E-state index is 9.09. The van der Waals surface area contributed by atoms with Crippen LogP contribution in [0.5, 0.6) is 0 Å². The van der Waals surface area contributed by atoms with E-state index in [4.69, 9.17) is 10.2 Å². The van der Waals surface area contributed by atoms with E-state index < -0.39 is 0 Å². The van der Waals surface area contributed by atoms with Gasteiger partial charge >= 0.3 is 0 Å². The third-order valence-electron chi connectivity index (χ3n) is 2.54. The Labute approximate surface area is 84.2 Å². The zero-order chi connectivity index (χ0) is 10.6. The van der Waals surface area contributed by atoms with Gasteiger partial charge in [-0.05, 0) is 18.4 Å². The van der Waals surface area contributed by atoms with E-state index in [9.17, 15) is 0 Å². The first-order valence-corrected chi connectivity index (χ1v) is 4.79. The van der Waals surface area contributed by atoms with Gasteiger partial charge in [-0.2, -0.15) is 5.10 Å². The van der Waals surface area contributed by atoms with Crippen LogP contribution in [0.25, 0.3) is 0 Å². The Morgan fingerprint density at radius 3 is 2.50 bits per heavy atom. The van der Waals surface area contributed by atoms with Crippen LogP contribution in [0, 0.1) is 5.41 Å². The van der Waals surface area contributed by atoms with E-state index in [0.29, 0.717) is 0 Å². The van der Waals surface area contributed by atoms with Gasteiger partial charge < -0.3 is 10.2 Å². The Kier molecular flexibility index (Phi) is 3.66. The number of nitrogens with zero attached hydrogens (tertiary/aromatic N) is 2. The van der Waals surface area contributed by atoms with Crippen LogP contribution in [-0.2, 0) is 13.5 Å². The van der Waals surface area contributed by atoms with Crippen molar-refractivity contribution in [3.05, 3.63) is 18.0 Å². The van der Waals surface area contributed by atoms with Crippen molar-refractivity contribution < 1.29 is 10.2 Å². The van der Waals surface area contributed by atoms with Crippen LogP contribution in [0.4, 0.5) is 0 Å². The molecule has 14 heavy (non-hydrogen) atoms. The average molecular weight is 198 g/mol. The first-order chi connectivity index (χ1) is 6.59. The molecule has 4 heteroatoms. The molecule has 1 rings (SSSR count). The summed E-state index contributed by atoms with van der Waals surface area (Å²) < 4.78 is 1.75. The van der Waals surface area contributed by atoms with Crippen molar-refractivity contribution in [3.8, 4) is 0 Å². The number of hydrogen-bond donors (Lipinski definition) is 2. The molecule has 0 fully saturated rings. The highest BCUT2D eigenvalue weighted by Crippen LogP contribution is 2.21. The van der Waals surface area contributed by atoms with Crippen LogP contribution in [0.3, 0.4) is 0 Å². The molecule has 0 aliphatic carbocycles. The predicted octanol–water partition coefficient (Wildman–Crippen LogP) is 0.344. The summed E-state index contributed by atoms with van der Waals surface area (Å²) in [4.78, 5) is 0. The fourth-order valence-corrected chi connectivity index (χ4v) is 1.26. The van der Waals surface area contributed by atoms with Gasteiger partial charge in [0.1, 0.15) is 0 Å². The molecule has 0 spiro atoms. The molecule has 1 aromatic rings. The van der Waals surface area contributed by atoms with Gasteiger partial charge in [0.15, 0.2) is 0 Å². The van der Waals surface area contributed by atoms with Crippen molar-refractivity contribution in [2.24, 2.45) is 12.5 Å². The molecule has 0 bridgehead atoms. The summed E-state index contributed by atoms with van der Waals surface area (Å²) in [6.45, 7) is 1.91. The maximum Gasteiger partial charge on any atom is 0.0521 e. The zero-order valence-corrected chi connectivity index (χ0v) is 8.77. The number of aliphatic hydroxyl groups excluding tert-OH is 2. The molecule has 0 unspecified atom stereocenters. The Morgan fingerprint density at radius 2 is 2.07 bits per heavy atom. The average Bonchev–Trinajstić information content (AvgIpc) is 2.61. The van der Waals surface area contributed by atoms with Crippen LogP contribution < -0.4 is 0 Å². The van der Waals surface area contributed by atoms with Gasteiger partial charge in [-0.3, -0.25) is 4.68 Å². The number of aromatic nitrogens is 2. The van der Waals surface area contributed by atoms with Gasteiger partial charge in [-0.1, -0.05) is 6.92 Å². The molecule has 0 aliphatic heterocycles. The van der Waals surface area contributed by atoms with Gasteiger partial charge in [0.05, 0.1) is 19.4 Å². The first kappa shape index (κ1) is 11.2. The van der Waals surface area contributed by atoms with E-state index in [2.05, 4.69) is 5.10 Å². The van der Waals surface area contributed by atoms with Crippen molar-refractivity contribution in [1.29, 1.82) is 0 Å². The second kappa shape index (κ2) is 4.57. The van der Waals surface area contributed by atoms with E-state index in [0.717, 1.165) is 18.4 Å². The molecule has 4 nitrogen and oxygen atoms in total. The Hall–Kier alpha value is -0.870. The summed E-state index contributed by atoms with van der Waals surface area (Å²) in [6, 6.07) is 0. The number of aryl methyl sites for hydroxylation is 2. The fourth-order valence-electron chi connectivity index (χ4n) is 1.26. The molecule has 0 atom stereocenters. The van der Waals surface area contributed by atoms with Gasteiger partial charge in [0.2, 0.25) is 0 Å². The second-order valence-corrected chi connectivity index (χ2v) is 4.15. The number of aliphatic hydroxyl groups is 2. The van der Waals surface area contributed by atoms with Crippen molar-refractivity contribution in [3.63, 3.8) is 0 Å². The highest BCUT2D eigenvalue weighted by atomic mass is 16.3. The summed E-state index contributed by atoms with van der Waals surface area (Å²) in [5.41, 5.74) is 0.760. The molecule has 2 N–H and O–H groups in total. The Morgan fingerprint density at radius 1 is 1.43 bits per heavy atom. The lowest BCUT2D eigenvalue weighted by molar-refractivity contribution is 0.0631. The summed E-state index contributed by atoms with van der Waals surface area (Å²) >= 11 is 0. The van der Waals surface area contributed by atoms with Gasteiger partial charge in [0.25, 0.3) is 0 Å². The molecule has 0 amide bonds. The molecule has 0 aliphatic rings. The fraction of sp³-hybridized carbons (Fsp3) is 0.700. The summed E-state index contributed by atoms with van der Waals surface area (Å²) in [5.74, 6) is 0. The van der Waals surface area contributed by atoms with Crippen molar-refractivity contribution >= 4 is 0 Å². The third-order valence-corrected chi connectivity index (χ3v) is 2.54. The summed E-state index contributed by atoms with van der Waals surface area (Å²) in [5, 5.41) is 22.2. The lowest BCUT2D eigenvalue weighted by Crippen LogP contribution is -2.26. The van der Waals surface area contributed by atoms with E-state index in [-0.39, 0.29) is 18.6 Å². The molecule has 0 radical (unpaired) electrons. The van der Waals surface area contributed by atoms with E-state index >= 15 is 0 Å². The van der Waals surface area contributed by atoms with E-state index in [1.54, 1.807) is 4.68 Å². The highest BCUT2D eigenvalue weighted by Gasteiger charge is 2.21. The Bertz CT molecular complexity index is 279. The standard InChI is InChI=1S/C10H18N2O2/c1-10(7-13,8-14)4-3-9-5-11-12(2)6-9/h5-6,13-14H,3-4,7-8H2,1-2H3. The van der Waals surface area contributed by atoms with Crippen molar-refractivity contribution in [2.75, 3.05) is 13.2 Å². The number of rotatable bonds is 5. The van der Waals surface area contributed by atoms with Crippen LogP contribution in [-0.4, -0.2) is 33.2 Å². The summed E-state index contributed by atoms with van der Waals surface area (Å²) in [7, 11) is 1.88. The monoisotopic (exact) mass is 198 g/mol. The van der Waals surface area contributed by atoms with E-state index in [1.165, 1.54) is 0 Å². The maximum absolute atomic E-state index is 9.09. The molecular weight excluding hydrogens is 180 g/mol. The lowest BCUT2D eigenvalue weighted by atomic mass is 9.86. The quantitative estimate of drug-likeness (QED) is 0.717. The van der Waals surface area contributed by atoms with Crippen LogP contribution >= 0.6 is 0 Å². The molecule has 80 valence electrons. The molecule has 0 saturated carbocycles. The Balaban J connectivity index is 2.47. The van der Waals surface area contributed by atoms with E-state index in [1.807, 2.05) is 26.4 Å². The third kappa shape index (κ3) is 2.82.